The van der Waals surface area contributed by atoms with E-state index in [0.29, 0.717) is 18.1 Å². The number of aliphatic hydroxyl groups excluding tert-OH is 1. The van der Waals surface area contributed by atoms with Crippen molar-refractivity contribution in [3.63, 3.8) is 0 Å². The number of halogens is 2. The molecular weight excluding hydrogens is 255 g/mol. The summed E-state index contributed by atoms with van der Waals surface area (Å²) in [5.74, 6) is -0.479. The molecule has 2 nitrogen and oxygen atoms in total. The van der Waals surface area contributed by atoms with Crippen LogP contribution in [0, 0.1) is 5.82 Å². The van der Waals surface area contributed by atoms with Gasteiger partial charge in [-0.3, -0.25) is 0 Å². The van der Waals surface area contributed by atoms with Gasteiger partial charge in [-0.2, -0.15) is 0 Å². The summed E-state index contributed by atoms with van der Waals surface area (Å²) in [6.45, 7) is 0.850. The first-order chi connectivity index (χ1) is 8.68. The van der Waals surface area contributed by atoms with E-state index >= 15 is 0 Å². The molecule has 0 bridgehead atoms. The van der Waals surface area contributed by atoms with Crippen molar-refractivity contribution in [1.29, 1.82) is 0 Å². The van der Waals surface area contributed by atoms with Crippen molar-refractivity contribution in [2.75, 3.05) is 6.61 Å². The summed E-state index contributed by atoms with van der Waals surface area (Å²) in [6.07, 6.45) is 4.26. The fourth-order valence-corrected chi connectivity index (χ4v) is 2.60. The molecule has 2 rings (SSSR count). The van der Waals surface area contributed by atoms with Gasteiger partial charge < -0.3 is 9.84 Å². The molecule has 0 radical (unpaired) electrons. The van der Waals surface area contributed by atoms with Crippen molar-refractivity contribution >= 4 is 11.6 Å². The Morgan fingerprint density at radius 3 is 3.06 bits per heavy atom. The molecule has 1 heterocycles. The van der Waals surface area contributed by atoms with Gasteiger partial charge in [-0.15, -0.1) is 0 Å². The van der Waals surface area contributed by atoms with E-state index in [2.05, 4.69) is 0 Å². The second-order valence-electron chi connectivity index (χ2n) is 4.72. The number of ether oxygens (including phenoxy) is 1. The van der Waals surface area contributed by atoms with E-state index in [9.17, 15) is 9.50 Å². The lowest BCUT2D eigenvalue weighted by molar-refractivity contribution is 0.0944. The zero-order chi connectivity index (χ0) is 13.0. The van der Waals surface area contributed by atoms with Crippen LogP contribution in [0.25, 0.3) is 0 Å². The standard InChI is InChI=1S/C14H18ClFO2/c15-14-11(6-2-7-12(14)16)13(17)8-1-4-10-5-3-9-18-10/h2,6-7,10,13,17H,1,3-5,8-9H2. The molecule has 1 aliphatic rings. The quantitative estimate of drug-likeness (QED) is 0.882. The maximum absolute atomic E-state index is 13.2. The first-order valence-electron chi connectivity index (χ1n) is 6.42. The first kappa shape index (κ1) is 13.8. The molecule has 1 fully saturated rings. The third-order valence-electron chi connectivity index (χ3n) is 3.37. The van der Waals surface area contributed by atoms with E-state index in [1.807, 2.05) is 0 Å². The Labute approximate surface area is 112 Å². The van der Waals surface area contributed by atoms with Crippen molar-refractivity contribution in [3.8, 4) is 0 Å². The highest BCUT2D eigenvalue weighted by Gasteiger charge is 2.17. The molecule has 1 N–H and O–H groups in total. The molecule has 1 saturated heterocycles. The van der Waals surface area contributed by atoms with Gasteiger partial charge in [-0.05, 0) is 38.2 Å². The summed E-state index contributed by atoms with van der Waals surface area (Å²) in [5, 5.41) is 10.0. The Hall–Kier alpha value is -0.640. The Morgan fingerprint density at radius 2 is 2.33 bits per heavy atom. The van der Waals surface area contributed by atoms with E-state index in [1.165, 1.54) is 6.07 Å². The monoisotopic (exact) mass is 272 g/mol. The summed E-state index contributed by atoms with van der Waals surface area (Å²) in [4.78, 5) is 0. The van der Waals surface area contributed by atoms with Crippen LogP contribution in [0.4, 0.5) is 4.39 Å². The number of rotatable bonds is 5. The van der Waals surface area contributed by atoms with Gasteiger partial charge in [0.15, 0.2) is 0 Å². The molecule has 1 aliphatic heterocycles. The first-order valence-corrected chi connectivity index (χ1v) is 6.80. The Bertz CT molecular complexity index is 391. The summed E-state index contributed by atoms with van der Waals surface area (Å²) >= 11 is 5.83. The molecule has 2 atom stereocenters. The van der Waals surface area contributed by atoms with Gasteiger partial charge in [0.05, 0.1) is 17.2 Å². The Morgan fingerprint density at radius 1 is 1.50 bits per heavy atom. The van der Waals surface area contributed by atoms with Crippen LogP contribution in [0.2, 0.25) is 5.02 Å². The molecule has 0 aliphatic carbocycles. The van der Waals surface area contributed by atoms with Gasteiger partial charge in [0.1, 0.15) is 5.82 Å². The van der Waals surface area contributed by atoms with Crippen LogP contribution in [0.15, 0.2) is 18.2 Å². The smallest absolute Gasteiger partial charge is 0.142 e. The van der Waals surface area contributed by atoms with Gasteiger partial charge in [0, 0.05) is 12.2 Å². The topological polar surface area (TPSA) is 29.5 Å². The highest BCUT2D eigenvalue weighted by Crippen LogP contribution is 2.29. The van der Waals surface area contributed by atoms with E-state index in [4.69, 9.17) is 16.3 Å². The Kier molecular flexibility index (Phi) is 4.98. The van der Waals surface area contributed by atoms with Crippen LogP contribution in [-0.2, 0) is 4.74 Å². The predicted molar refractivity (Wildman–Crippen MR) is 69.2 cm³/mol. The summed E-state index contributed by atoms with van der Waals surface area (Å²) in [6, 6.07) is 4.53. The predicted octanol–water partition coefficient (Wildman–Crippen LogP) is 3.86. The average Bonchev–Trinajstić information content (AvgIpc) is 2.85. The summed E-state index contributed by atoms with van der Waals surface area (Å²) < 4.78 is 18.8. The normalized spacial score (nSPS) is 21.2. The fraction of sp³-hybridized carbons (Fsp3) is 0.571. The minimum absolute atomic E-state index is 0.0297. The van der Waals surface area contributed by atoms with E-state index in [-0.39, 0.29) is 5.02 Å². The number of hydrogen-bond donors (Lipinski definition) is 1. The van der Waals surface area contributed by atoms with Crippen LogP contribution >= 0.6 is 11.6 Å². The molecule has 0 spiro atoms. The highest BCUT2D eigenvalue weighted by atomic mass is 35.5. The zero-order valence-electron chi connectivity index (χ0n) is 10.2. The lowest BCUT2D eigenvalue weighted by Crippen LogP contribution is -2.06. The Balaban J connectivity index is 1.83. The zero-order valence-corrected chi connectivity index (χ0v) is 11.0. The molecule has 1 aromatic carbocycles. The van der Waals surface area contributed by atoms with Gasteiger partial charge in [-0.25, -0.2) is 4.39 Å². The minimum atomic E-state index is -0.699. The summed E-state index contributed by atoms with van der Waals surface area (Å²) in [5.41, 5.74) is 0.476. The maximum atomic E-state index is 13.2. The maximum Gasteiger partial charge on any atom is 0.142 e. The van der Waals surface area contributed by atoms with Crippen LogP contribution in [0.3, 0.4) is 0 Å². The third-order valence-corrected chi connectivity index (χ3v) is 3.77. The van der Waals surface area contributed by atoms with Crippen molar-refractivity contribution in [2.45, 2.75) is 44.3 Å². The molecule has 1 aromatic rings. The van der Waals surface area contributed by atoms with Crippen LogP contribution in [0.1, 0.15) is 43.8 Å². The van der Waals surface area contributed by atoms with E-state index < -0.39 is 11.9 Å². The van der Waals surface area contributed by atoms with Crippen molar-refractivity contribution < 1.29 is 14.2 Å². The minimum Gasteiger partial charge on any atom is -0.388 e. The number of aliphatic hydroxyl groups is 1. The highest BCUT2D eigenvalue weighted by molar-refractivity contribution is 6.31. The van der Waals surface area contributed by atoms with Crippen molar-refractivity contribution in [1.82, 2.24) is 0 Å². The molecule has 2 unspecified atom stereocenters. The van der Waals surface area contributed by atoms with Gasteiger partial charge in [0.25, 0.3) is 0 Å². The van der Waals surface area contributed by atoms with Crippen LogP contribution in [0.5, 0.6) is 0 Å². The molecule has 0 aromatic heterocycles. The lowest BCUT2D eigenvalue weighted by Gasteiger charge is -2.14. The largest absolute Gasteiger partial charge is 0.388 e. The second-order valence-corrected chi connectivity index (χ2v) is 5.10. The molecule has 4 heteroatoms. The molecule has 100 valence electrons. The lowest BCUT2D eigenvalue weighted by atomic mass is 10.0. The van der Waals surface area contributed by atoms with Gasteiger partial charge in [0.2, 0.25) is 0 Å². The summed E-state index contributed by atoms with van der Waals surface area (Å²) in [7, 11) is 0. The second kappa shape index (κ2) is 6.50. The third kappa shape index (κ3) is 3.44. The number of benzene rings is 1. The van der Waals surface area contributed by atoms with E-state index in [0.717, 1.165) is 32.3 Å². The van der Waals surface area contributed by atoms with E-state index in [1.54, 1.807) is 12.1 Å². The van der Waals surface area contributed by atoms with Gasteiger partial charge >= 0.3 is 0 Å². The average molecular weight is 273 g/mol. The molecule has 0 amide bonds. The molecule has 18 heavy (non-hydrogen) atoms. The molecular formula is C14H18ClFO2. The van der Waals surface area contributed by atoms with Crippen molar-refractivity contribution in [2.24, 2.45) is 0 Å². The van der Waals surface area contributed by atoms with Gasteiger partial charge in [-0.1, -0.05) is 23.7 Å². The van der Waals surface area contributed by atoms with Crippen LogP contribution < -0.4 is 0 Å². The SMILES string of the molecule is OC(CCCC1CCCO1)c1cccc(F)c1Cl. The number of hydrogen-bond acceptors (Lipinski definition) is 2. The van der Waals surface area contributed by atoms with Crippen LogP contribution in [-0.4, -0.2) is 17.8 Å². The fourth-order valence-electron chi connectivity index (χ4n) is 2.34. The van der Waals surface area contributed by atoms with Crippen molar-refractivity contribution in [3.05, 3.63) is 34.6 Å². The molecule has 0 saturated carbocycles.